The summed E-state index contributed by atoms with van der Waals surface area (Å²) in [5.41, 5.74) is -0.758. The third-order valence-corrected chi connectivity index (χ3v) is 3.53. The largest absolute Gasteiger partial charge is 0.394 e. The van der Waals surface area contributed by atoms with Crippen LogP contribution in [0.25, 0.3) is 0 Å². The molecule has 2 amide bonds. The molecule has 1 rings (SSSR count). The molecule has 20 heavy (non-hydrogen) atoms. The Bertz CT molecular complexity index is 436. The lowest BCUT2D eigenvalue weighted by molar-refractivity contribution is 0.155. The lowest BCUT2D eigenvalue weighted by Gasteiger charge is -2.30. The van der Waals surface area contributed by atoms with E-state index in [2.05, 4.69) is 15.8 Å². The number of nitrogens with one attached hydrogen (secondary N) is 2. The number of hydrogen-bond donors (Lipinski definition) is 3. The van der Waals surface area contributed by atoms with Gasteiger partial charge >= 0.3 is 6.03 Å². The van der Waals surface area contributed by atoms with E-state index in [1.54, 1.807) is 6.07 Å². The van der Waals surface area contributed by atoms with Crippen LogP contribution in [0.5, 0.6) is 0 Å². The van der Waals surface area contributed by atoms with Crippen molar-refractivity contribution < 1.29 is 14.4 Å². The van der Waals surface area contributed by atoms with Crippen LogP contribution in [-0.4, -0.2) is 28.4 Å². The van der Waals surface area contributed by atoms with Gasteiger partial charge in [0.2, 0.25) is 0 Å². The van der Waals surface area contributed by atoms with Gasteiger partial charge in [0, 0.05) is 11.5 Å². The van der Waals surface area contributed by atoms with Gasteiger partial charge in [-0.2, -0.15) is 0 Å². The van der Waals surface area contributed by atoms with Crippen LogP contribution in [0.4, 0.5) is 10.6 Å². The summed E-state index contributed by atoms with van der Waals surface area (Å²) in [5, 5.41) is 18.7. The van der Waals surface area contributed by atoms with Crippen molar-refractivity contribution in [2.45, 2.75) is 58.4 Å². The van der Waals surface area contributed by atoms with E-state index in [1.165, 1.54) is 0 Å². The van der Waals surface area contributed by atoms with E-state index in [0.29, 0.717) is 24.4 Å². The number of aliphatic hydroxyl groups excluding tert-OH is 1. The third kappa shape index (κ3) is 3.96. The summed E-state index contributed by atoms with van der Waals surface area (Å²) in [6, 6.07) is 1.31. The molecule has 6 nitrogen and oxygen atoms in total. The van der Waals surface area contributed by atoms with Crippen molar-refractivity contribution in [3.05, 3.63) is 11.8 Å². The predicted molar refractivity (Wildman–Crippen MR) is 77.8 cm³/mol. The average molecular weight is 283 g/mol. The molecule has 0 aliphatic heterocycles. The first-order chi connectivity index (χ1) is 9.26. The number of hydrogen-bond acceptors (Lipinski definition) is 4. The summed E-state index contributed by atoms with van der Waals surface area (Å²) < 4.78 is 5.20. The standard InChI is InChI=1S/C14H25N3O3/c1-6-14(7-2,9-18)16-12(19)15-11-8-10(20-17-11)13(3,4)5/h8,18H,6-7,9H2,1-5H3,(H2,15,16,17,19). The summed E-state index contributed by atoms with van der Waals surface area (Å²) in [5.74, 6) is 1.07. The number of anilines is 1. The van der Waals surface area contributed by atoms with Crippen LogP contribution in [0.15, 0.2) is 10.6 Å². The minimum atomic E-state index is -0.597. The number of rotatable bonds is 5. The third-order valence-electron chi connectivity index (χ3n) is 3.53. The maximum Gasteiger partial charge on any atom is 0.321 e. The molecule has 0 aliphatic rings. The van der Waals surface area contributed by atoms with Crippen LogP contribution in [0.3, 0.4) is 0 Å². The van der Waals surface area contributed by atoms with Crippen molar-refractivity contribution in [1.82, 2.24) is 10.5 Å². The van der Waals surface area contributed by atoms with E-state index in [4.69, 9.17) is 4.52 Å². The Morgan fingerprint density at radius 2 is 1.95 bits per heavy atom. The molecule has 0 unspecified atom stereocenters. The molecule has 0 bridgehead atoms. The van der Waals surface area contributed by atoms with Crippen molar-refractivity contribution in [2.75, 3.05) is 11.9 Å². The maximum atomic E-state index is 11.9. The summed E-state index contributed by atoms with van der Waals surface area (Å²) in [7, 11) is 0. The molecule has 0 radical (unpaired) electrons. The van der Waals surface area contributed by atoms with Gasteiger partial charge in [0.25, 0.3) is 0 Å². The molecule has 114 valence electrons. The van der Waals surface area contributed by atoms with Gasteiger partial charge in [0.15, 0.2) is 5.82 Å². The highest BCUT2D eigenvalue weighted by atomic mass is 16.5. The van der Waals surface area contributed by atoms with Gasteiger partial charge in [0.1, 0.15) is 5.76 Å². The fraction of sp³-hybridized carbons (Fsp3) is 0.714. The molecule has 6 heteroatoms. The first-order valence-electron chi connectivity index (χ1n) is 6.93. The smallest absolute Gasteiger partial charge is 0.321 e. The second kappa shape index (κ2) is 6.26. The number of amides is 2. The first kappa shape index (κ1) is 16.5. The molecule has 1 aromatic rings. The molecular weight excluding hydrogens is 258 g/mol. The van der Waals surface area contributed by atoms with Crippen molar-refractivity contribution in [3.8, 4) is 0 Å². The number of urea groups is 1. The zero-order chi connectivity index (χ0) is 15.4. The monoisotopic (exact) mass is 283 g/mol. The fourth-order valence-corrected chi connectivity index (χ4v) is 1.77. The van der Waals surface area contributed by atoms with Gasteiger partial charge in [-0.3, -0.25) is 5.32 Å². The molecule has 0 aromatic carbocycles. The first-order valence-corrected chi connectivity index (χ1v) is 6.93. The predicted octanol–water partition coefficient (Wildman–Crippen LogP) is 2.64. The molecular formula is C14H25N3O3. The lowest BCUT2D eigenvalue weighted by Crippen LogP contribution is -2.52. The minimum absolute atomic E-state index is 0.0977. The zero-order valence-electron chi connectivity index (χ0n) is 12.9. The van der Waals surface area contributed by atoms with E-state index < -0.39 is 11.6 Å². The Kier molecular flexibility index (Phi) is 5.16. The average Bonchev–Trinajstić information content (AvgIpc) is 2.84. The van der Waals surface area contributed by atoms with Crippen LogP contribution < -0.4 is 10.6 Å². The van der Waals surface area contributed by atoms with Crippen LogP contribution in [0, 0.1) is 0 Å². The molecule has 0 fully saturated rings. The van der Waals surface area contributed by atoms with Crippen LogP contribution in [0.1, 0.15) is 53.2 Å². The van der Waals surface area contributed by atoms with Gasteiger partial charge in [-0.25, -0.2) is 4.79 Å². The Balaban J connectivity index is 2.69. The SMILES string of the molecule is CCC(CC)(CO)NC(=O)Nc1cc(C(C)(C)C)on1. The molecule has 0 saturated carbocycles. The van der Waals surface area contributed by atoms with E-state index in [0.717, 1.165) is 0 Å². The van der Waals surface area contributed by atoms with Crippen molar-refractivity contribution in [2.24, 2.45) is 0 Å². The maximum absolute atomic E-state index is 11.9. The van der Waals surface area contributed by atoms with Crippen molar-refractivity contribution >= 4 is 11.8 Å². The number of carbonyl (C=O) groups excluding carboxylic acids is 1. The molecule has 0 aliphatic carbocycles. The van der Waals surface area contributed by atoms with E-state index in [1.807, 2.05) is 34.6 Å². The van der Waals surface area contributed by atoms with E-state index in [-0.39, 0.29) is 12.0 Å². The topological polar surface area (TPSA) is 87.4 Å². The van der Waals surface area contributed by atoms with E-state index in [9.17, 15) is 9.90 Å². The number of nitrogens with zero attached hydrogens (tertiary/aromatic N) is 1. The van der Waals surface area contributed by atoms with Crippen LogP contribution in [-0.2, 0) is 5.41 Å². The summed E-state index contributed by atoms with van der Waals surface area (Å²) in [6.45, 7) is 9.76. The molecule has 0 saturated heterocycles. The highest BCUT2D eigenvalue weighted by Gasteiger charge is 2.28. The van der Waals surface area contributed by atoms with Gasteiger partial charge in [-0.05, 0) is 12.8 Å². The summed E-state index contributed by atoms with van der Waals surface area (Å²) in [4.78, 5) is 11.9. The van der Waals surface area contributed by atoms with Gasteiger partial charge in [-0.15, -0.1) is 0 Å². The van der Waals surface area contributed by atoms with Gasteiger partial charge < -0.3 is 14.9 Å². The minimum Gasteiger partial charge on any atom is -0.394 e. The normalized spacial score (nSPS) is 12.3. The second-order valence-electron chi connectivity index (χ2n) is 6.05. The number of aliphatic hydroxyl groups is 1. The quantitative estimate of drug-likeness (QED) is 0.775. The lowest BCUT2D eigenvalue weighted by atomic mass is 9.93. The van der Waals surface area contributed by atoms with Crippen LogP contribution >= 0.6 is 0 Å². The molecule has 1 heterocycles. The van der Waals surface area contributed by atoms with Crippen LogP contribution in [0.2, 0.25) is 0 Å². The van der Waals surface area contributed by atoms with E-state index >= 15 is 0 Å². The highest BCUT2D eigenvalue weighted by molar-refractivity contribution is 5.88. The number of aromatic nitrogens is 1. The zero-order valence-corrected chi connectivity index (χ0v) is 12.9. The molecule has 0 atom stereocenters. The second-order valence-corrected chi connectivity index (χ2v) is 6.05. The Hall–Kier alpha value is -1.56. The van der Waals surface area contributed by atoms with Crippen molar-refractivity contribution in [1.29, 1.82) is 0 Å². The van der Waals surface area contributed by atoms with Gasteiger partial charge in [-0.1, -0.05) is 39.8 Å². The summed E-state index contributed by atoms with van der Waals surface area (Å²) >= 11 is 0. The molecule has 0 spiro atoms. The Morgan fingerprint density at radius 1 is 1.35 bits per heavy atom. The Labute approximate surface area is 119 Å². The molecule has 1 aromatic heterocycles. The number of carbonyl (C=O) groups is 1. The Morgan fingerprint density at radius 3 is 2.35 bits per heavy atom. The highest BCUT2D eigenvalue weighted by Crippen LogP contribution is 2.24. The van der Waals surface area contributed by atoms with Gasteiger partial charge in [0.05, 0.1) is 12.1 Å². The molecule has 3 N–H and O–H groups in total. The van der Waals surface area contributed by atoms with Crippen molar-refractivity contribution in [3.63, 3.8) is 0 Å². The fourth-order valence-electron chi connectivity index (χ4n) is 1.77. The summed E-state index contributed by atoms with van der Waals surface area (Å²) in [6.07, 6.45) is 1.30.